The predicted octanol–water partition coefficient (Wildman–Crippen LogP) is 6.22. The Labute approximate surface area is 197 Å². The zero-order chi connectivity index (χ0) is 22.4. The number of hydrogen-bond acceptors (Lipinski definition) is 2. The van der Waals surface area contributed by atoms with Crippen LogP contribution in [0, 0.1) is 12.8 Å². The molecule has 3 nitrogen and oxygen atoms in total. The first-order chi connectivity index (χ1) is 16.1. The highest BCUT2D eigenvalue weighted by Crippen LogP contribution is 2.48. The van der Waals surface area contributed by atoms with Crippen LogP contribution in [0.5, 0.6) is 0 Å². The molecular weight excluding hydrogens is 404 g/mol. The minimum Gasteiger partial charge on any atom is -0.311 e. The zero-order valence-corrected chi connectivity index (χ0v) is 19.7. The van der Waals surface area contributed by atoms with Gasteiger partial charge in [0.25, 0.3) is 0 Å². The molecule has 1 amide bonds. The smallest absolute Gasteiger partial charge is 0.230 e. The molecule has 2 heterocycles. The third-order valence-electron chi connectivity index (χ3n) is 8.48. The largest absolute Gasteiger partial charge is 0.311 e. The van der Waals surface area contributed by atoms with Crippen LogP contribution in [-0.4, -0.2) is 30.4 Å². The first-order valence-corrected chi connectivity index (χ1v) is 12.7. The van der Waals surface area contributed by atoms with Crippen molar-refractivity contribution in [2.45, 2.75) is 57.4 Å². The van der Waals surface area contributed by atoms with Gasteiger partial charge in [0.05, 0.1) is 0 Å². The molecule has 6 rings (SSSR count). The number of benzene rings is 3. The molecule has 2 aliphatic heterocycles. The number of piperidine rings is 1. The summed E-state index contributed by atoms with van der Waals surface area (Å²) < 4.78 is 0. The highest BCUT2D eigenvalue weighted by atomic mass is 16.2. The number of rotatable bonds is 3. The highest BCUT2D eigenvalue weighted by molar-refractivity contribution is 5.98. The van der Waals surface area contributed by atoms with Crippen LogP contribution in [0.4, 0.5) is 5.69 Å². The summed E-state index contributed by atoms with van der Waals surface area (Å²) >= 11 is 0. The van der Waals surface area contributed by atoms with Crippen molar-refractivity contribution in [2.24, 2.45) is 5.92 Å². The summed E-state index contributed by atoms with van der Waals surface area (Å²) in [5, 5.41) is 2.63. The minimum absolute atomic E-state index is 0.121. The lowest BCUT2D eigenvalue weighted by atomic mass is 9.74. The zero-order valence-electron chi connectivity index (χ0n) is 19.7. The molecular formula is C30H34N2O. The van der Waals surface area contributed by atoms with Gasteiger partial charge in [-0.05, 0) is 79.7 Å². The lowest BCUT2D eigenvalue weighted by molar-refractivity contribution is -0.122. The van der Waals surface area contributed by atoms with Crippen LogP contribution < -0.4 is 4.90 Å². The van der Waals surface area contributed by atoms with E-state index in [0.717, 1.165) is 51.9 Å². The fourth-order valence-electron chi connectivity index (χ4n) is 6.53. The Kier molecular flexibility index (Phi) is 5.25. The molecule has 2 fully saturated rings. The first kappa shape index (κ1) is 20.9. The SMILES string of the molecule is Cc1ccc2c(c1)C1(CCN(Cc3ccc4ccccc4c3)CC1)CN2C(=O)C1CCCC1. The molecule has 1 aliphatic carbocycles. The topological polar surface area (TPSA) is 23.6 Å². The van der Waals surface area contributed by atoms with Crippen LogP contribution in [-0.2, 0) is 16.8 Å². The third kappa shape index (κ3) is 3.77. The van der Waals surface area contributed by atoms with Gasteiger partial charge in [-0.15, -0.1) is 0 Å². The molecule has 0 bridgehead atoms. The van der Waals surface area contributed by atoms with Crippen LogP contribution in [0.15, 0.2) is 60.7 Å². The molecule has 3 aromatic rings. The van der Waals surface area contributed by atoms with E-state index in [0.29, 0.717) is 5.91 Å². The van der Waals surface area contributed by atoms with E-state index < -0.39 is 0 Å². The number of hydrogen-bond donors (Lipinski definition) is 0. The maximum atomic E-state index is 13.4. The van der Waals surface area contributed by atoms with Crippen LogP contribution >= 0.6 is 0 Å². The van der Waals surface area contributed by atoms with Gasteiger partial charge < -0.3 is 4.90 Å². The molecule has 0 aromatic heterocycles. The van der Waals surface area contributed by atoms with Gasteiger partial charge in [0.1, 0.15) is 0 Å². The Bertz CT molecular complexity index is 1180. The normalized spacial score (nSPS) is 20.6. The van der Waals surface area contributed by atoms with Crippen LogP contribution in [0.25, 0.3) is 10.8 Å². The van der Waals surface area contributed by atoms with Crippen molar-refractivity contribution >= 4 is 22.4 Å². The summed E-state index contributed by atoms with van der Waals surface area (Å²) in [6.45, 7) is 6.25. The van der Waals surface area contributed by atoms with Crippen LogP contribution in [0.1, 0.15) is 55.2 Å². The average molecular weight is 439 g/mol. The number of anilines is 1. The second-order valence-electron chi connectivity index (χ2n) is 10.7. The molecule has 1 saturated carbocycles. The number of nitrogens with zero attached hydrogens (tertiary/aromatic N) is 2. The van der Waals surface area contributed by atoms with Gasteiger partial charge in [0, 0.05) is 30.1 Å². The molecule has 3 aromatic carbocycles. The number of carbonyl (C=O) groups is 1. The van der Waals surface area contributed by atoms with Crippen molar-refractivity contribution in [1.29, 1.82) is 0 Å². The highest BCUT2D eigenvalue weighted by Gasteiger charge is 2.47. The fraction of sp³-hybridized carbons (Fsp3) is 0.433. The molecule has 170 valence electrons. The predicted molar refractivity (Wildman–Crippen MR) is 136 cm³/mol. The van der Waals surface area contributed by atoms with Crippen molar-refractivity contribution in [1.82, 2.24) is 4.90 Å². The van der Waals surface area contributed by atoms with Gasteiger partial charge in [-0.2, -0.15) is 0 Å². The number of amides is 1. The molecule has 0 N–H and O–H groups in total. The molecule has 0 radical (unpaired) electrons. The van der Waals surface area contributed by atoms with Crippen molar-refractivity contribution < 1.29 is 4.79 Å². The van der Waals surface area contributed by atoms with Crippen molar-refractivity contribution in [3.05, 3.63) is 77.4 Å². The quantitative estimate of drug-likeness (QED) is 0.485. The molecule has 3 aliphatic rings. The number of carbonyl (C=O) groups excluding carboxylic acids is 1. The lowest BCUT2D eigenvalue weighted by Gasteiger charge is -2.40. The third-order valence-corrected chi connectivity index (χ3v) is 8.48. The number of fused-ring (bicyclic) bond motifs is 3. The van der Waals surface area contributed by atoms with E-state index in [9.17, 15) is 4.79 Å². The first-order valence-electron chi connectivity index (χ1n) is 12.7. The second-order valence-corrected chi connectivity index (χ2v) is 10.7. The summed E-state index contributed by atoms with van der Waals surface area (Å²) in [7, 11) is 0. The van der Waals surface area contributed by atoms with Gasteiger partial charge in [0.15, 0.2) is 0 Å². The maximum absolute atomic E-state index is 13.4. The lowest BCUT2D eigenvalue weighted by Crippen LogP contribution is -2.46. The summed E-state index contributed by atoms with van der Waals surface area (Å²) in [6.07, 6.45) is 6.82. The number of likely N-dealkylation sites (tertiary alicyclic amines) is 1. The summed E-state index contributed by atoms with van der Waals surface area (Å²) in [4.78, 5) is 18.2. The van der Waals surface area contributed by atoms with E-state index in [4.69, 9.17) is 0 Å². The van der Waals surface area contributed by atoms with Gasteiger partial charge in [0.2, 0.25) is 5.91 Å². The Hall–Kier alpha value is -2.65. The van der Waals surface area contributed by atoms with Gasteiger partial charge in [-0.3, -0.25) is 9.69 Å². The van der Waals surface area contributed by atoms with E-state index in [1.54, 1.807) is 0 Å². The van der Waals surface area contributed by atoms with Crippen molar-refractivity contribution in [3.63, 3.8) is 0 Å². The van der Waals surface area contributed by atoms with Crippen molar-refractivity contribution in [3.8, 4) is 0 Å². The van der Waals surface area contributed by atoms with Gasteiger partial charge in [-0.1, -0.05) is 66.9 Å². The standard InChI is InChI=1S/C30H34N2O/c1-22-10-13-28-27(18-22)30(21-32(28)29(33)25-7-3-4-8-25)14-16-31(17-15-30)20-23-11-12-24-6-2-5-9-26(24)19-23/h2,5-6,9-13,18-19,25H,3-4,7-8,14-17,20-21H2,1H3. The number of aryl methyl sites for hydroxylation is 1. The Balaban J connectivity index is 1.21. The van der Waals surface area contributed by atoms with Crippen LogP contribution in [0.3, 0.4) is 0 Å². The van der Waals surface area contributed by atoms with E-state index in [2.05, 4.69) is 77.4 Å². The molecule has 0 atom stereocenters. The van der Waals surface area contributed by atoms with E-state index in [-0.39, 0.29) is 11.3 Å². The minimum atomic E-state index is 0.121. The maximum Gasteiger partial charge on any atom is 0.230 e. The summed E-state index contributed by atoms with van der Waals surface area (Å²) in [5.41, 5.74) is 5.45. The molecule has 33 heavy (non-hydrogen) atoms. The summed E-state index contributed by atoms with van der Waals surface area (Å²) in [5.74, 6) is 0.621. The molecule has 1 spiro atoms. The molecule has 0 unspecified atom stereocenters. The van der Waals surface area contributed by atoms with Gasteiger partial charge in [-0.25, -0.2) is 0 Å². The summed E-state index contributed by atoms with van der Waals surface area (Å²) in [6, 6.07) is 22.3. The van der Waals surface area contributed by atoms with Gasteiger partial charge >= 0.3 is 0 Å². The van der Waals surface area contributed by atoms with E-state index >= 15 is 0 Å². The van der Waals surface area contributed by atoms with E-state index in [1.807, 2.05) is 0 Å². The second kappa shape index (κ2) is 8.29. The Morgan fingerprint density at radius 1 is 0.939 bits per heavy atom. The average Bonchev–Trinajstić information content (AvgIpc) is 3.48. The fourth-order valence-corrected chi connectivity index (χ4v) is 6.53. The Morgan fingerprint density at radius 2 is 1.70 bits per heavy atom. The monoisotopic (exact) mass is 438 g/mol. The molecule has 1 saturated heterocycles. The van der Waals surface area contributed by atoms with Crippen molar-refractivity contribution in [2.75, 3.05) is 24.5 Å². The molecule has 3 heteroatoms. The van der Waals surface area contributed by atoms with Crippen LogP contribution in [0.2, 0.25) is 0 Å². The Morgan fingerprint density at radius 3 is 2.48 bits per heavy atom. The van der Waals surface area contributed by atoms with E-state index in [1.165, 1.54) is 46.0 Å².